The number of pyridine rings is 1. The fourth-order valence-electron chi connectivity index (χ4n) is 1.40. The second-order valence-corrected chi connectivity index (χ2v) is 2.93. The Kier molecular flexibility index (Phi) is 3.09. The molecular weight excluding hydrogens is 148 g/mol. The van der Waals surface area contributed by atoms with Gasteiger partial charge >= 0.3 is 0 Å². The van der Waals surface area contributed by atoms with Crippen molar-refractivity contribution in [3.63, 3.8) is 0 Å². The predicted octanol–water partition coefficient (Wildman–Crippen LogP) is 2.18. The first-order chi connectivity index (χ1) is 5.79. The average molecular weight is 164 g/mol. The Morgan fingerprint density at radius 3 is 2.75 bits per heavy atom. The van der Waals surface area contributed by atoms with Gasteiger partial charge in [0.05, 0.1) is 0 Å². The Bertz CT molecular complexity index is 256. The molecule has 0 aliphatic carbocycles. The summed E-state index contributed by atoms with van der Waals surface area (Å²) in [5, 5.41) is 0. The van der Waals surface area contributed by atoms with Crippen LogP contribution in [0.3, 0.4) is 0 Å². The summed E-state index contributed by atoms with van der Waals surface area (Å²) in [5.74, 6) is 0. The van der Waals surface area contributed by atoms with Gasteiger partial charge in [-0.1, -0.05) is 20.3 Å². The van der Waals surface area contributed by atoms with Crippen molar-refractivity contribution < 1.29 is 0 Å². The van der Waals surface area contributed by atoms with Crippen LogP contribution in [0.1, 0.15) is 31.5 Å². The minimum absolute atomic E-state index is 0.892. The minimum atomic E-state index is 0.892. The lowest BCUT2D eigenvalue weighted by Crippen LogP contribution is -2.01. The maximum atomic E-state index is 5.84. The van der Waals surface area contributed by atoms with Crippen LogP contribution in [0.15, 0.2) is 12.3 Å². The van der Waals surface area contributed by atoms with E-state index in [2.05, 4.69) is 18.8 Å². The Morgan fingerprint density at radius 1 is 1.42 bits per heavy atom. The number of anilines is 1. The normalized spacial score (nSPS) is 10.2. The van der Waals surface area contributed by atoms with Crippen LogP contribution in [-0.4, -0.2) is 4.98 Å². The quantitative estimate of drug-likeness (QED) is 0.743. The van der Waals surface area contributed by atoms with Crippen LogP contribution in [-0.2, 0) is 12.8 Å². The molecule has 12 heavy (non-hydrogen) atoms. The molecular formula is C10H16N2. The van der Waals surface area contributed by atoms with Crippen molar-refractivity contribution in [3.05, 3.63) is 23.5 Å². The maximum absolute atomic E-state index is 5.84. The van der Waals surface area contributed by atoms with E-state index in [9.17, 15) is 0 Å². The molecule has 2 nitrogen and oxygen atoms in total. The van der Waals surface area contributed by atoms with Crippen molar-refractivity contribution in [3.8, 4) is 0 Å². The van der Waals surface area contributed by atoms with Gasteiger partial charge in [-0.05, 0) is 24.5 Å². The van der Waals surface area contributed by atoms with Gasteiger partial charge in [0.15, 0.2) is 0 Å². The molecule has 2 heteroatoms. The molecule has 0 atom stereocenters. The summed E-state index contributed by atoms with van der Waals surface area (Å²) >= 11 is 0. The monoisotopic (exact) mass is 164 g/mol. The van der Waals surface area contributed by atoms with E-state index in [0.29, 0.717) is 0 Å². The van der Waals surface area contributed by atoms with Gasteiger partial charge in [-0.25, -0.2) is 0 Å². The molecule has 0 fully saturated rings. The van der Waals surface area contributed by atoms with Crippen LogP contribution in [0.5, 0.6) is 0 Å². The summed E-state index contributed by atoms with van der Waals surface area (Å²) in [5.41, 5.74) is 9.12. The molecule has 0 amide bonds. The highest BCUT2D eigenvalue weighted by molar-refractivity contribution is 5.48. The highest BCUT2D eigenvalue weighted by Crippen LogP contribution is 2.16. The van der Waals surface area contributed by atoms with Gasteiger partial charge in [-0.15, -0.1) is 0 Å². The molecule has 0 spiro atoms. The van der Waals surface area contributed by atoms with Gasteiger partial charge in [0.25, 0.3) is 0 Å². The average Bonchev–Trinajstić information content (AvgIpc) is 2.09. The molecule has 1 heterocycles. The number of hydrogen-bond acceptors (Lipinski definition) is 2. The van der Waals surface area contributed by atoms with E-state index in [0.717, 1.165) is 30.6 Å². The zero-order chi connectivity index (χ0) is 8.97. The Morgan fingerprint density at radius 2 is 2.17 bits per heavy atom. The highest BCUT2D eigenvalue weighted by Gasteiger charge is 2.03. The summed E-state index contributed by atoms with van der Waals surface area (Å²) in [6.45, 7) is 4.27. The lowest BCUT2D eigenvalue weighted by molar-refractivity contribution is 0.879. The van der Waals surface area contributed by atoms with Crippen molar-refractivity contribution in [2.24, 2.45) is 0 Å². The highest BCUT2D eigenvalue weighted by atomic mass is 14.7. The smallest absolute Gasteiger partial charge is 0.0453 e. The molecule has 0 aliphatic rings. The molecule has 1 rings (SSSR count). The lowest BCUT2D eigenvalue weighted by atomic mass is 10.1. The van der Waals surface area contributed by atoms with Crippen molar-refractivity contribution in [1.82, 2.24) is 4.98 Å². The van der Waals surface area contributed by atoms with E-state index in [1.165, 1.54) is 5.56 Å². The van der Waals surface area contributed by atoms with Crippen LogP contribution in [0, 0.1) is 0 Å². The molecule has 0 saturated carbocycles. The third-order valence-electron chi connectivity index (χ3n) is 2.02. The lowest BCUT2D eigenvalue weighted by Gasteiger charge is -2.07. The minimum Gasteiger partial charge on any atom is -0.398 e. The maximum Gasteiger partial charge on any atom is 0.0453 e. The van der Waals surface area contributed by atoms with Gasteiger partial charge in [-0.3, -0.25) is 4.98 Å². The van der Waals surface area contributed by atoms with E-state index in [4.69, 9.17) is 5.73 Å². The molecule has 0 bridgehead atoms. The number of aromatic nitrogens is 1. The SMILES string of the molecule is CCCc1c(N)ccnc1CC. The van der Waals surface area contributed by atoms with Gasteiger partial charge in [-0.2, -0.15) is 0 Å². The topological polar surface area (TPSA) is 38.9 Å². The number of aryl methyl sites for hydroxylation is 1. The van der Waals surface area contributed by atoms with Crippen LogP contribution in [0.2, 0.25) is 0 Å². The standard InChI is InChI=1S/C10H16N2/c1-3-5-8-9(11)6-7-12-10(8)4-2/h6-7H,3-5H2,1-2H3,(H2,11,12). The number of nitrogens with zero attached hydrogens (tertiary/aromatic N) is 1. The molecule has 0 aromatic carbocycles. The molecule has 0 saturated heterocycles. The Hall–Kier alpha value is -1.05. The second-order valence-electron chi connectivity index (χ2n) is 2.93. The van der Waals surface area contributed by atoms with Gasteiger partial charge in [0, 0.05) is 17.6 Å². The van der Waals surface area contributed by atoms with Crippen molar-refractivity contribution >= 4 is 5.69 Å². The third-order valence-corrected chi connectivity index (χ3v) is 2.02. The van der Waals surface area contributed by atoms with E-state index in [1.54, 1.807) is 6.20 Å². The van der Waals surface area contributed by atoms with Gasteiger partial charge in [0.1, 0.15) is 0 Å². The second kappa shape index (κ2) is 4.10. The summed E-state index contributed by atoms with van der Waals surface area (Å²) in [6.07, 6.45) is 4.93. The van der Waals surface area contributed by atoms with E-state index in [1.807, 2.05) is 6.07 Å². The van der Waals surface area contributed by atoms with Crippen molar-refractivity contribution in [2.75, 3.05) is 5.73 Å². The third kappa shape index (κ3) is 1.76. The molecule has 0 radical (unpaired) electrons. The van der Waals surface area contributed by atoms with Crippen LogP contribution in [0.4, 0.5) is 5.69 Å². The molecule has 2 N–H and O–H groups in total. The Balaban J connectivity index is 3.02. The van der Waals surface area contributed by atoms with Gasteiger partial charge in [0.2, 0.25) is 0 Å². The first kappa shape index (κ1) is 9.04. The molecule has 0 aliphatic heterocycles. The number of hydrogen-bond donors (Lipinski definition) is 1. The first-order valence-corrected chi connectivity index (χ1v) is 4.51. The molecule has 66 valence electrons. The molecule has 0 unspecified atom stereocenters. The number of rotatable bonds is 3. The van der Waals surface area contributed by atoms with Crippen molar-refractivity contribution in [1.29, 1.82) is 0 Å². The van der Waals surface area contributed by atoms with Gasteiger partial charge < -0.3 is 5.73 Å². The van der Waals surface area contributed by atoms with Crippen molar-refractivity contribution in [2.45, 2.75) is 33.1 Å². The molecule has 1 aromatic heterocycles. The fraction of sp³-hybridized carbons (Fsp3) is 0.500. The predicted molar refractivity (Wildman–Crippen MR) is 52.0 cm³/mol. The summed E-state index contributed by atoms with van der Waals surface area (Å²) in [6, 6.07) is 1.88. The fourth-order valence-corrected chi connectivity index (χ4v) is 1.40. The summed E-state index contributed by atoms with van der Waals surface area (Å²) < 4.78 is 0. The molecule has 1 aromatic rings. The Labute approximate surface area is 73.8 Å². The zero-order valence-electron chi connectivity index (χ0n) is 7.80. The van der Waals surface area contributed by atoms with Crippen LogP contribution >= 0.6 is 0 Å². The van der Waals surface area contributed by atoms with Crippen LogP contribution < -0.4 is 5.73 Å². The van der Waals surface area contributed by atoms with E-state index < -0.39 is 0 Å². The van der Waals surface area contributed by atoms with E-state index in [-0.39, 0.29) is 0 Å². The first-order valence-electron chi connectivity index (χ1n) is 4.51. The number of nitrogens with two attached hydrogens (primary N) is 1. The summed E-state index contributed by atoms with van der Waals surface area (Å²) in [7, 11) is 0. The van der Waals surface area contributed by atoms with Crippen LogP contribution in [0.25, 0.3) is 0 Å². The van der Waals surface area contributed by atoms with E-state index >= 15 is 0 Å². The zero-order valence-corrected chi connectivity index (χ0v) is 7.80. The summed E-state index contributed by atoms with van der Waals surface area (Å²) in [4.78, 5) is 4.30. The largest absolute Gasteiger partial charge is 0.398 e. The number of nitrogen functional groups attached to an aromatic ring is 1.